The number of hydrogen-bond acceptors (Lipinski definition) is 5. The summed E-state index contributed by atoms with van der Waals surface area (Å²) in [4.78, 5) is 20.8. The van der Waals surface area contributed by atoms with Crippen molar-refractivity contribution in [1.29, 1.82) is 0 Å². The fourth-order valence-electron chi connectivity index (χ4n) is 2.89. The van der Waals surface area contributed by atoms with E-state index in [4.69, 9.17) is 4.74 Å². The molecule has 1 atom stereocenters. The summed E-state index contributed by atoms with van der Waals surface area (Å²) in [6.07, 6.45) is 9.76. The first kappa shape index (κ1) is 17.5. The summed E-state index contributed by atoms with van der Waals surface area (Å²) in [5.74, 6) is 0.754. The normalized spacial score (nSPS) is 17.4. The quantitative estimate of drug-likeness (QED) is 0.867. The molecular weight excluding hydrogens is 318 g/mol. The highest BCUT2D eigenvalue weighted by Crippen LogP contribution is 2.24. The fraction of sp³-hybridized carbons (Fsp3) is 0.556. The summed E-state index contributed by atoms with van der Waals surface area (Å²) < 4.78 is 7.51. The number of carbonyl (C=O) groups excluding carboxylic acids is 1. The fourth-order valence-corrected chi connectivity index (χ4v) is 2.89. The molecule has 1 saturated heterocycles. The van der Waals surface area contributed by atoms with Crippen LogP contribution in [0, 0.1) is 6.92 Å². The van der Waals surface area contributed by atoms with Gasteiger partial charge in [-0.25, -0.2) is 9.97 Å². The molecule has 0 aliphatic carbocycles. The molecule has 0 saturated carbocycles. The molecule has 1 aliphatic heterocycles. The van der Waals surface area contributed by atoms with Crippen LogP contribution in [0.2, 0.25) is 0 Å². The first-order valence-corrected chi connectivity index (χ1v) is 8.80. The van der Waals surface area contributed by atoms with Gasteiger partial charge in [0.2, 0.25) is 5.91 Å². The monoisotopic (exact) mass is 343 g/mol. The Kier molecular flexibility index (Phi) is 5.75. The molecule has 3 heterocycles. The molecule has 134 valence electrons. The zero-order valence-corrected chi connectivity index (χ0v) is 14.9. The molecule has 0 radical (unpaired) electrons. The lowest BCUT2D eigenvalue weighted by Crippen LogP contribution is -2.23. The Morgan fingerprint density at radius 1 is 1.32 bits per heavy atom. The van der Waals surface area contributed by atoms with Gasteiger partial charge in [-0.1, -0.05) is 0 Å². The van der Waals surface area contributed by atoms with Crippen molar-refractivity contribution in [3.8, 4) is 0 Å². The summed E-state index contributed by atoms with van der Waals surface area (Å²) in [5.41, 5.74) is 3.10. The average Bonchev–Trinajstić information content (AvgIpc) is 2.98. The SMILES string of the molecule is Cc1c(CCC(=O)NCc2cnc([C@H]3CCCCO3)nc2)cnn1C. The molecule has 25 heavy (non-hydrogen) atoms. The second-order valence-corrected chi connectivity index (χ2v) is 6.46. The van der Waals surface area contributed by atoms with Crippen LogP contribution < -0.4 is 5.32 Å². The van der Waals surface area contributed by atoms with Gasteiger partial charge in [0.15, 0.2) is 5.82 Å². The third-order valence-electron chi connectivity index (χ3n) is 4.64. The number of rotatable bonds is 6. The van der Waals surface area contributed by atoms with Gasteiger partial charge in [0, 0.05) is 50.3 Å². The van der Waals surface area contributed by atoms with E-state index >= 15 is 0 Å². The van der Waals surface area contributed by atoms with Gasteiger partial charge in [-0.05, 0) is 38.2 Å². The molecule has 3 rings (SSSR count). The number of aryl methyl sites for hydroxylation is 2. The third kappa shape index (κ3) is 4.63. The maximum atomic E-state index is 12.0. The third-order valence-corrected chi connectivity index (χ3v) is 4.64. The number of hydrogen-bond donors (Lipinski definition) is 1. The lowest BCUT2D eigenvalue weighted by Gasteiger charge is -2.21. The molecule has 0 unspecified atom stereocenters. The van der Waals surface area contributed by atoms with Crippen molar-refractivity contribution in [3.63, 3.8) is 0 Å². The molecule has 0 aromatic carbocycles. The van der Waals surface area contributed by atoms with Crippen molar-refractivity contribution >= 4 is 5.91 Å². The van der Waals surface area contributed by atoms with Gasteiger partial charge in [0.25, 0.3) is 0 Å². The first-order chi connectivity index (χ1) is 12.1. The van der Waals surface area contributed by atoms with E-state index in [0.717, 1.165) is 48.5 Å². The van der Waals surface area contributed by atoms with Crippen molar-refractivity contribution < 1.29 is 9.53 Å². The predicted molar refractivity (Wildman–Crippen MR) is 92.7 cm³/mol. The Labute approximate surface area is 147 Å². The van der Waals surface area contributed by atoms with Gasteiger partial charge in [0.1, 0.15) is 6.10 Å². The highest BCUT2D eigenvalue weighted by Gasteiger charge is 2.18. The van der Waals surface area contributed by atoms with E-state index < -0.39 is 0 Å². The number of nitrogens with zero attached hydrogens (tertiary/aromatic N) is 4. The number of amides is 1. The average molecular weight is 343 g/mol. The van der Waals surface area contributed by atoms with Gasteiger partial charge in [-0.3, -0.25) is 9.48 Å². The van der Waals surface area contributed by atoms with Crippen molar-refractivity contribution in [2.45, 2.75) is 51.7 Å². The molecule has 7 nitrogen and oxygen atoms in total. The summed E-state index contributed by atoms with van der Waals surface area (Å²) in [5, 5.41) is 7.11. The van der Waals surface area contributed by atoms with Crippen molar-refractivity contribution in [1.82, 2.24) is 25.1 Å². The van der Waals surface area contributed by atoms with Gasteiger partial charge >= 0.3 is 0 Å². The number of carbonyl (C=O) groups is 1. The predicted octanol–water partition coefficient (Wildman–Crippen LogP) is 2.01. The van der Waals surface area contributed by atoms with Crippen molar-refractivity contribution in [2.24, 2.45) is 7.05 Å². The van der Waals surface area contributed by atoms with Crippen molar-refractivity contribution in [2.75, 3.05) is 6.61 Å². The van der Waals surface area contributed by atoms with E-state index in [9.17, 15) is 4.79 Å². The molecule has 1 fully saturated rings. The standard InChI is InChI=1S/C18H25N5O2/c1-13-15(12-22-23(13)2)6-7-17(24)19-9-14-10-20-18(21-11-14)16-5-3-4-8-25-16/h10-12,16H,3-9H2,1-2H3,(H,19,24)/t16-/m1/s1. The summed E-state index contributed by atoms with van der Waals surface area (Å²) in [6.45, 7) is 3.23. The molecule has 1 aliphatic rings. The second-order valence-electron chi connectivity index (χ2n) is 6.46. The Hall–Kier alpha value is -2.28. The van der Waals surface area contributed by atoms with E-state index in [-0.39, 0.29) is 12.0 Å². The van der Waals surface area contributed by atoms with Crippen LogP contribution in [0.1, 0.15) is 54.4 Å². The van der Waals surface area contributed by atoms with Crippen LogP contribution in [-0.2, 0) is 29.5 Å². The molecule has 0 bridgehead atoms. The van der Waals surface area contributed by atoms with E-state index in [1.807, 2.05) is 24.9 Å². The zero-order valence-electron chi connectivity index (χ0n) is 14.9. The molecule has 7 heteroatoms. The Morgan fingerprint density at radius 2 is 2.12 bits per heavy atom. The molecule has 1 amide bonds. The largest absolute Gasteiger partial charge is 0.370 e. The highest BCUT2D eigenvalue weighted by molar-refractivity contribution is 5.76. The van der Waals surface area contributed by atoms with E-state index in [0.29, 0.717) is 19.4 Å². The van der Waals surface area contributed by atoms with Gasteiger partial charge in [-0.2, -0.15) is 5.10 Å². The number of aromatic nitrogens is 4. The Balaban J connectivity index is 1.44. The number of nitrogens with one attached hydrogen (secondary N) is 1. The van der Waals surface area contributed by atoms with Crippen molar-refractivity contribution in [3.05, 3.63) is 41.2 Å². The molecule has 2 aromatic heterocycles. The van der Waals surface area contributed by atoms with Crippen LogP contribution in [-0.4, -0.2) is 32.3 Å². The molecule has 0 spiro atoms. The van der Waals surface area contributed by atoms with E-state index in [1.54, 1.807) is 12.4 Å². The van der Waals surface area contributed by atoms with E-state index in [2.05, 4.69) is 20.4 Å². The zero-order chi connectivity index (χ0) is 17.6. The lowest BCUT2D eigenvalue weighted by molar-refractivity contribution is -0.121. The first-order valence-electron chi connectivity index (χ1n) is 8.80. The van der Waals surface area contributed by atoms with Gasteiger partial charge in [0.05, 0.1) is 6.20 Å². The molecule has 1 N–H and O–H groups in total. The van der Waals surface area contributed by atoms with Crippen LogP contribution >= 0.6 is 0 Å². The van der Waals surface area contributed by atoms with Crippen LogP contribution in [0.3, 0.4) is 0 Å². The molecule has 2 aromatic rings. The summed E-state index contributed by atoms with van der Waals surface area (Å²) >= 11 is 0. The smallest absolute Gasteiger partial charge is 0.220 e. The molecular formula is C18H25N5O2. The van der Waals surface area contributed by atoms with Crippen LogP contribution in [0.4, 0.5) is 0 Å². The number of ether oxygens (including phenoxy) is 1. The minimum atomic E-state index is 0.0140. The lowest BCUT2D eigenvalue weighted by atomic mass is 10.1. The Morgan fingerprint density at radius 3 is 2.76 bits per heavy atom. The maximum absolute atomic E-state index is 12.0. The van der Waals surface area contributed by atoms with Crippen LogP contribution in [0.15, 0.2) is 18.6 Å². The van der Waals surface area contributed by atoms with Gasteiger partial charge < -0.3 is 10.1 Å². The van der Waals surface area contributed by atoms with Crippen LogP contribution in [0.5, 0.6) is 0 Å². The summed E-state index contributed by atoms with van der Waals surface area (Å²) in [7, 11) is 1.90. The summed E-state index contributed by atoms with van der Waals surface area (Å²) in [6, 6.07) is 0. The second kappa shape index (κ2) is 8.20. The highest BCUT2D eigenvalue weighted by atomic mass is 16.5. The topological polar surface area (TPSA) is 81.9 Å². The van der Waals surface area contributed by atoms with E-state index in [1.165, 1.54) is 0 Å². The minimum Gasteiger partial charge on any atom is -0.370 e. The Bertz CT molecular complexity index is 705. The minimum absolute atomic E-state index is 0.0140. The maximum Gasteiger partial charge on any atom is 0.220 e. The van der Waals surface area contributed by atoms with Gasteiger partial charge in [-0.15, -0.1) is 0 Å². The van der Waals surface area contributed by atoms with Crippen LogP contribution in [0.25, 0.3) is 0 Å².